The van der Waals surface area contributed by atoms with Gasteiger partial charge in [0.15, 0.2) is 5.65 Å². The monoisotopic (exact) mass is 475 g/mol. The molecule has 6 aromatic rings. The molecule has 0 saturated heterocycles. The average molecular weight is 476 g/mol. The van der Waals surface area contributed by atoms with Crippen molar-refractivity contribution in [2.75, 3.05) is 0 Å². The molecule has 0 aliphatic rings. The number of hydrogen-bond acceptors (Lipinski definition) is 2. The molecule has 0 saturated carbocycles. The Hall–Kier alpha value is -3.76. The van der Waals surface area contributed by atoms with Crippen LogP contribution < -0.4 is 0 Å². The van der Waals surface area contributed by atoms with Crippen LogP contribution in [0.1, 0.15) is 0 Å². The molecule has 4 aromatic carbocycles. The molecule has 2 heterocycles. The molecule has 32 heavy (non-hydrogen) atoms. The quantitative estimate of drug-likeness (QED) is 0.262. The van der Waals surface area contributed by atoms with E-state index in [2.05, 4.69) is 87.2 Å². The van der Waals surface area contributed by atoms with E-state index in [-0.39, 0.29) is 0 Å². The molecule has 3 nitrogen and oxygen atoms in total. The lowest BCUT2D eigenvalue weighted by molar-refractivity contribution is 1.13. The Labute approximate surface area is 194 Å². The molecule has 0 fully saturated rings. The predicted octanol–water partition coefficient (Wildman–Crippen LogP) is 7.67. The lowest BCUT2D eigenvalue weighted by Crippen LogP contribution is -1.99. The van der Waals surface area contributed by atoms with Gasteiger partial charge in [-0.1, -0.05) is 94.8 Å². The van der Waals surface area contributed by atoms with Gasteiger partial charge in [-0.15, -0.1) is 0 Å². The maximum absolute atomic E-state index is 5.25. The normalized spacial score (nSPS) is 11.3. The molecule has 152 valence electrons. The highest BCUT2D eigenvalue weighted by molar-refractivity contribution is 9.10. The standard InChI is InChI=1S/C28H18BrN3/c29-21-16-17-24-23(18-21)27-28(32(24)22-14-8-3-9-15-22)31-26(20-12-6-2-7-13-20)25(30-27)19-10-4-1-5-11-19/h1-18H. The van der Waals surface area contributed by atoms with Crippen LogP contribution in [0.3, 0.4) is 0 Å². The van der Waals surface area contributed by atoms with Crippen molar-refractivity contribution >= 4 is 38.0 Å². The van der Waals surface area contributed by atoms with Crippen LogP contribution in [0.5, 0.6) is 0 Å². The number of halogens is 1. The lowest BCUT2D eigenvalue weighted by atomic mass is 10.0. The van der Waals surface area contributed by atoms with Crippen molar-refractivity contribution < 1.29 is 0 Å². The largest absolute Gasteiger partial charge is 0.293 e. The fraction of sp³-hybridized carbons (Fsp3) is 0. The first-order valence-electron chi connectivity index (χ1n) is 10.5. The summed E-state index contributed by atoms with van der Waals surface area (Å²) in [5.41, 5.74) is 7.75. The molecule has 0 bridgehead atoms. The second-order valence-electron chi connectivity index (χ2n) is 7.66. The van der Waals surface area contributed by atoms with Gasteiger partial charge in [0.1, 0.15) is 5.52 Å². The summed E-state index contributed by atoms with van der Waals surface area (Å²) in [5.74, 6) is 0. The smallest absolute Gasteiger partial charge is 0.165 e. The zero-order valence-electron chi connectivity index (χ0n) is 17.1. The zero-order chi connectivity index (χ0) is 21.5. The summed E-state index contributed by atoms with van der Waals surface area (Å²) in [6.07, 6.45) is 0. The molecule has 0 aliphatic carbocycles. The molecule has 2 aromatic heterocycles. The van der Waals surface area contributed by atoms with Gasteiger partial charge in [0.05, 0.1) is 16.9 Å². The van der Waals surface area contributed by atoms with Gasteiger partial charge in [0.2, 0.25) is 0 Å². The van der Waals surface area contributed by atoms with Gasteiger partial charge in [-0.05, 0) is 30.3 Å². The van der Waals surface area contributed by atoms with Crippen LogP contribution in [0.15, 0.2) is 114 Å². The number of para-hydroxylation sites is 1. The van der Waals surface area contributed by atoms with E-state index < -0.39 is 0 Å². The SMILES string of the molecule is Brc1ccc2c(c1)c1nc(-c3ccccc3)c(-c3ccccc3)nc1n2-c1ccccc1. The van der Waals surface area contributed by atoms with E-state index >= 15 is 0 Å². The van der Waals surface area contributed by atoms with Gasteiger partial charge in [-0.25, -0.2) is 9.97 Å². The molecule has 4 heteroatoms. The molecule has 0 aliphatic heterocycles. The maximum Gasteiger partial charge on any atom is 0.165 e. The number of hydrogen-bond donors (Lipinski definition) is 0. The van der Waals surface area contributed by atoms with Crippen LogP contribution in [-0.2, 0) is 0 Å². The van der Waals surface area contributed by atoms with Crippen LogP contribution in [0.25, 0.3) is 50.3 Å². The molecule has 0 amide bonds. The van der Waals surface area contributed by atoms with Gasteiger partial charge < -0.3 is 0 Å². The Kier molecular flexibility index (Phi) is 4.58. The van der Waals surface area contributed by atoms with Crippen LogP contribution >= 0.6 is 15.9 Å². The Bertz CT molecular complexity index is 1560. The van der Waals surface area contributed by atoms with Crippen molar-refractivity contribution in [2.45, 2.75) is 0 Å². The summed E-state index contributed by atoms with van der Waals surface area (Å²) >= 11 is 3.64. The molecular formula is C28H18BrN3. The zero-order valence-corrected chi connectivity index (χ0v) is 18.7. The highest BCUT2D eigenvalue weighted by Gasteiger charge is 2.20. The second-order valence-corrected chi connectivity index (χ2v) is 8.57. The number of nitrogens with zero attached hydrogens (tertiary/aromatic N) is 3. The van der Waals surface area contributed by atoms with Gasteiger partial charge in [0.25, 0.3) is 0 Å². The van der Waals surface area contributed by atoms with E-state index in [1.54, 1.807) is 0 Å². The third-order valence-electron chi connectivity index (χ3n) is 5.65. The summed E-state index contributed by atoms with van der Waals surface area (Å²) < 4.78 is 3.22. The minimum atomic E-state index is 0.850. The highest BCUT2D eigenvalue weighted by atomic mass is 79.9. The first-order valence-corrected chi connectivity index (χ1v) is 11.3. The van der Waals surface area contributed by atoms with E-state index in [0.29, 0.717) is 0 Å². The molecular weight excluding hydrogens is 458 g/mol. The fourth-order valence-electron chi connectivity index (χ4n) is 4.20. The summed E-state index contributed by atoms with van der Waals surface area (Å²) in [6, 6.07) is 37.2. The third-order valence-corrected chi connectivity index (χ3v) is 6.15. The number of aromatic nitrogens is 3. The Morgan fingerprint density at radius 1 is 0.594 bits per heavy atom. The Morgan fingerprint density at radius 3 is 1.78 bits per heavy atom. The van der Waals surface area contributed by atoms with Gasteiger partial charge in [-0.2, -0.15) is 0 Å². The average Bonchev–Trinajstić information content (AvgIpc) is 3.17. The molecule has 0 radical (unpaired) electrons. The number of benzene rings is 4. The summed E-state index contributed by atoms with van der Waals surface area (Å²) in [4.78, 5) is 10.5. The summed E-state index contributed by atoms with van der Waals surface area (Å²) in [5, 5.41) is 1.07. The van der Waals surface area contributed by atoms with E-state index in [9.17, 15) is 0 Å². The third kappa shape index (κ3) is 3.12. The molecule has 6 rings (SSSR count). The lowest BCUT2D eigenvalue weighted by Gasteiger charge is -2.11. The molecule has 0 spiro atoms. The topological polar surface area (TPSA) is 30.7 Å². The molecule has 0 unspecified atom stereocenters. The van der Waals surface area contributed by atoms with Crippen LogP contribution in [0.2, 0.25) is 0 Å². The maximum atomic E-state index is 5.25. The first-order chi connectivity index (χ1) is 15.8. The van der Waals surface area contributed by atoms with E-state index in [0.717, 1.165) is 54.7 Å². The van der Waals surface area contributed by atoms with E-state index in [4.69, 9.17) is 9.97 Å². The second kappa shape index (κ2) is 7.74. The molecule has 0 atom stereocenters. The first kappa shape index (κ1) is 19.0. The van der Waals surface area contributed by atoms with E-state index in [1.165, 1.54) is 0 Å². The van der Waals surface area contributed by atoms with Crippen molar-refractivity contribution in [3.63, 3.8) is 0 Å². The minimum absolute atomic E-state index is 0.850. The van der Waals surface area contributed by atoms with Crippen molar-refractivity contribution in [1.82, 2.24) is 14.5 Å². The highest BCUT2D eigenvalue weighted by Crippen LogP contribution is 2.37. The van der Waals surface area contributed by atoms with Gasteiger partial charge in [-0.3, -0.25) is 4.57 Å². The van der Waals surface area contributed by atoms with Crippen molar-refractivity contribution in [3.8, 4) is 28.2 Å². The van der Waals surface area contributed by atoms with Gasteiger partial charge >= 0.3 is 0 Å². The summed E-state index contributed by atoms with van der Waals surface area (Å²) in [7, 11) is 0. The predicted molar refractivity (Wildman–Crippen MR) is 135 cm³/mol. The molecule has 0 N–H and O–H groups in total. The van der Waals surface area contributed by atoms with Crippen LogP contribution in [0, 0.1) is 0 Å². The van der Waals surface area contributed by atoms with Crippen molar-refractivity contribution in [2.24, 2.45) is 0 Å². The van der Waals surface area contributed by atoms with Crippen LogP contribution in [0.4, 0.5) is 0 Å². The van der Waals surface area contributed by atoms with Crippen molar-refractivity contribution in [1.29, 1.82) is 0 Å². The number of fused-ring (bicyclic) bond motifs is 3. The Balaban J connectivity index is 1.78. The summed E-state index contributed by atoms with van der Waals surface area (Å²) in [6.45, 7) is 0. The van der Waals surface area contributed by atoms with Gasteiger partial charge in [0, 0.05) is 26.7 Å². The number of rotatable bonds is 3. The van der Waals surface area contributed by atoms with Crippen LogP contribution in [-0.4, -0.2) is 14.5 Å². The minimum Gasteiger partial charge on any atom is -0.293 e. The fourth-order valence-corrected chi connectivity index (χ4v) is 4.56. The van der Waals surface area contributed by atoms with Crippen molar-refractivity contribution in [3.05, 3.63) is 114 Å². The van der Waals surface area contributed by atoms with E-state index in [1.807, 2.05) is 42.5 Å². The Morgan fingerprint density at radius 2 is 1.16 bits per heavy atom.